The number of nitriles is 1. The average Bonchev–Trinajstić information content (AvgIpc) is 2.06. The molecule has 3 aliphatic rings. The van der Waals surface area contributed by atoms with Crippen molar-refractivity contribution >= 4 is 11.6 Å². The van der Waals surface area contributed by atoms with E-state index in [2.05, 4.69) is 18.2 Å². The molecule has 0 spiro atoms. The van der Waals surface area contributed by atoms with Crippen molar-refractivity contribution in [3.05, 3.63) is 12.2 Å². The molecule has 0 unspecified atom stereocenters. The summed E-state index contributed by atoms with van der Waals surface area (Å²) in [7, 11) is 0. The molecule has 0 saturated heterocycles. The van der Waals surface area contributed by atoms with E-state index in [0.717, 1.165) is 12.8 Å². The second-order valence-electron chi connectivity index (χ2n) is 3.51. The highest BCUT2D eigenvalue weighted by molar-refractivity contribution is 6.26. The minimum atomic E-state index is -0.572. The number of nitrogens with zero attached hydrogens (tertiary/aromatic N) is 1. The van der Waals surface area contributed by atoms with Crippen LogP contribution in [0.3, 0.4) is 0 Å². The lowest BCUT2D eigenvalue weighted by Crippen LogP contribution is -2.39. The molecule has 3 atom stereocenters. The first kappa shape index (κ1) is 7.18. The van der Waals surface area contributed by atoms with Gasteiger partial charge in [-0.05, 0) is 25.2 Å². The summed E-state index contributed by atoms with van der Waals surface area (Å²) in [5.41, 5.74) is 0. The van der Waals surface area contributed by atoms with Crippen molar-refractivity contribution in [1.29, 1.82) is 5.26 Å². The Morgan fingerprint density at radius 1 is 1.45 bits per heavy atom. The van der Waals surface area contributed by atoms with E-state index in [1.807, 2.05) is 0 Å². The summed E-state index contributed by atoms with van der Waals surface area (Å²) in [4.78, 5) is -0.572. The Bertz CT molecular complexity index is 240. The van der Waals surface area contributed by atoms with Crippen LogP contribution in [0.25, 0.3) is 0 Å². The minimum absolute atomic E-state index is 0.305. The molecule has 0 N–H and O–H groups in total. The molecule has 0 radical (unpaired) electrons. The van der Waals surface area contributed by atoms with Gasteiger partial charge in [0.2, 0.25) is 0 Å². The molecule has 3 rings (SSSR count). The highest BCUT2D eigenvalue weighted by Gasteiger charge is 2.43. The molecule has 2 bridgehead atoms. The number of alkyl halides is 1. The smallest absolute Gasteiger partial charge is 0.137 e. The zero-order valence-electron chi connectivity index (χ0n) is 6.26. The molecule has 1 saturated carbocycles. The second-order valence-corrected chi connectivity index (χ2v) is 4.18. The van der Waals surface area contributed by atoms with Gasteiger partial charge in [-0.3, -0.25) is 0 Å². The van der Waals surface area contributed by atoms with E-state index < -0.39 is 4.87 Å². The topological polar surface area (TPSA) is 23.8 Å². The van der Waals surface area contributed by atoms with E-state index in [0.29, 0.717) is 11.8 Å². The second kappa shape index (κ2) is 2.25. The van der Waals surface area contributed by atoms with E-state index >= 15 is 0 Å². The van der Waals surface area contributed by atoms with Crippen molar-refractivity contribution in [2.24, 2.45) is 11.8 Å². The van der Waals surface area contributed by atoms with Gasteiger partial charge in [-0.2, -0.15) is 5.26 Å². The molecule has 58 valence electrons. The maximum Gasteiger partial charge on any atom is 0.137 e. The first-order valence-electron chi connectivity index (χ1n) is 4.03. The standard InChI is InChI=1S/C9H10ClN/c10-9(6-11)5-7-1-3-8(9)4-2-7/h1,3,7-8H,2,4-5H2/t7-,8+,9+/m1/s1. The van der Waals surface area contributed by atoms with Gasteiger partial charge < -0.3 is 0 Å². The molecule has 0 amide bonds. The van der Waals surface area contributed by atoms with Gasteiger partial charge in [0.1, 0.15) is 4.87 Å². The van der Waals surface area contributed by atoms with Crippen LogP contribution in [0.1, 0.15) is 19.3 Å². The van der Waals surface area contributed by atoms with Crippen LogP contribution >= 0.6 is 11.6 Å². The summed E-state index contributed by atoms with van der Waals surface area (Å²) < 4.78 is 0. The van der Waals surface area contributed by atoms with Crippen LogP contribution in [0, 0.1) is 23.2 Å². The Balaban J connectivity index is 2.32. The van der Waals surface area contributed by atoms with Gasteiger partial charge in [0.05, 0.1) is 6.07 Å². The molecule has 0 aliphatic heterocycles. The van der Waals surface area contributed by atoms with Crippen molar-refractivity contribution in [3.8, 4) is 6.07 Å². The third kappa shape index (κ3) is 0.973. The Kier molecular flexibility index (Phi) is 1.47. The molecule has 11 heavy (non-hydrogen) atoms. The first-order valence-corrected chi connectivity index (χ1v) is 4.41. The fourth-order valence-corrected chi connectivity index (χ4v) is 2.47. The van der Waals surface area contributed by atoms with Gasteiger partial charge in [0.25, 0.3) is 0 Å². The van der Waals surface area contributed by atoms with E-state index in [-0.39, 0.29) is 0 Å². The van der Waals surface area contributed by atoms with Crippen LogP contribution in [-0.4, -0.2) is 4.87 Å². The Labute approximate surface area is 71.7 Å². The Morgan fingerprint density at radius 3 is 2.55 bits per heavy atom. The predicted molar refractivity (Wildman–Crippen MR) is 44.2 cm³/mol. The average molecular weight is 168 g/mol. The number of allylic oxidation sites excluding steroid dienone is 2. The summed E-state index contributed by atoms with van der Waals surface area (Å²) in [6, 6.07) is 2.23. The van der Waals surface area contributed by atoms with Crippen LogP contribution in [0.5, 0.6) is 0 Å². The maximum atomic E-state index is 8.86. The molecule has 0 aromatic heterocycles. The summed E-state index contributed by atoms with van der Waals surface area (Å²) in [6.45, 7) is 0. The van der Waals surface area contributed by atoms with Crippen molar-refractivity contribution in [2.75, 3.05) is 0 Å². The number of fused-ring (bicyclic) bond motifs is 2. The van der Waals surface area contributed by atoms with Crippen LogP contribution in [-0.2, 0) is 0 Å². The van der Waals surface area contributed by atoms with Crippen LogP contribution in [0.2, 0.25) is 0 Å². The molecule has 2 heteroatoms. The highest BCUT2D eigenvalue weighted by atomic mass is 35.5. The predicted octanol–water partition coefficient (Wildman–Crippen LogP) is 2.47. The van der Waals surface area contributed by atoms with E-state index in [9.17, 15) is 0 Å². The zero-order chi connectivity index (χ0) is 7.90. The van der Waals surface area contributed by atoms with Gasteiger partial charge in [0.15, 0.2) is 0 Å². The third-order valence-corrected chi connectivity index (χ3v) is 3.32. The molecule has 1 fully saturated rings. The Hall–Kier alpha value is -0.480. The molecular formula is C9H10ClN. The fraction of sp³-hybridized carbons (Fsp3) is 0.667. The molecule has 0 heterocycles. The number of hydrogen-bond donors (Lipinski definition) is 0. The normalized spacial score (nSPS) is 47.3. The number of halogens is 1. The van der Waals surface area contributed by atoms with Crippen LogP contribution < -0.4 is 0 Å². The maximum absolute atomic E-state index is 8.86. The zero-order valence-corrected chi connectivity index (χ0v) is 7.01. The van der Waals surface area contributed by atoms with Gasteiger partial charge >= 0.3 is 0 Å². The lowest BCUT2D eigenvalue weighted by Gasteiger charge is -2.39. The van der Waals surface area contributed by atoms with Gasteiger partial charge in [-0.25, -0.2) is 0 Å². The summed E-state index contributed by atoms with van der Waals surface area (Å²) >= 11 is 6.14. The minimum Gasteiger partial charge on any atom is -0.196 e. The molecule has 0 aromatic carbocycles. The summed E-state index contributed by atoms with van der Waals surface area (Å²) in [6.07, 6.45) is 7.50. The molecule has 0 aromatic rings. The van der Waals surface area contributed by atoms with E-state index in [1.165, 1.54) is 6.42 Å². The van der Waals surface area contributed by atoms with Gasteiger partial charge in [0, 0.05) is 5.92 Å². The van der Waals surface area contributed by atoms with Crippen molar-refractivity contribution in [1.82, 2.24) is 0 Å². The molecular weight excluding hydrogens is 158 g/mol. The summed E-state index contributed by atoms with van der Waals surface area (Å²) in [5, 5.41) is 8.86. The van der Waals surface area contributed by atoms with Crippen molar-refractivity contribution < 1.29 is 0 Å². The summed E-state index contributed by atoms with van der Waals surface area (Å²) in [5.74, 6) is 0.872. The quantitative estimate of drug-likeness (QED) is 0.402. The number of rotatable bonds is 0. The van der Waals surface area contributed by atoms with E-state index in [1.54, 1.807) is 0 Å². The van der Waals surface area contributed by atoms with Gasteiger partial charge in [-0.15, -0.1) is 11.6 Å². The monoisotopic (exact) mass is 167 g/mol. The fourth-order valence-electron chi connectivity index (χ4n) is 2.09. The lowest BCUT2D eigenvalue weighted by molar-refractivity contribution is 0.290. The third-order valence-electron chi connectivity index (χ3n) is 2.80. The largest absolute Gasteiger partial charge is 0.196 e. The highest BCUT2D eigenvalue weighted by Crippen LogP contribution is 2.46. The SMILES string of the molecule is N#C[C@@]1(Cl)C[C@@H]2C=C[C@H]1CC2. The van der Waals surface area contributed by atoms with Crippen molar-refractivity contribution in [2.45, 2.75) is 24.1 Å². The van der Waals surface area contributed by atoms with Crippen molar-refractivity contribution in [3.63, 3.8) is 0 Å². The van der Waals surface area contributed by atoms with Crippen LogP contribution in [0.4, 0.5) is 0 Å². The molecule has 1 nitrogen and oxygen atoms in total. The van der Waals surface area contributed by atoms with Gasteiger partial charge in [-0.1, -0.05) is 12.2 Å². The van der Waals surface area contributed by atoms with Crippen LogP contribution in [0.15, 0.2) is 12.2 Å². The Morgan fingerprint density at radius 2 is 2.27 bits per heavy atom. The molecule has 3 aliphatic carbocycles. The first-order chi connectivity index (χ1) is 5.24. The van der Waals surface area contributed by atoms with E-state index in [4.69, 9.17) is 16.9 Å². The lowest BCUT2D eigenvalue weighted by atomic mass is 9.69. The number of hydrogen-bond acceptors (Lipinski definition) is 1.